The third kappa shape index (κ3) is 5.10. The van der Waals surface area contributed by atoms with Crippen LogP contribution in [0.1, 0.15) is 25.8 Å². The van der Waals surface area contributed by atoms with Crippen molar-refractivity contribution in [2.24, 2.45) is 5.92 Å². The minimum atomic E-state index is 0.113. The number of aromatic nitrogens is 2. The van der Waals surface area contributed by atoms with Gasteiger partial charge in [0.2, 0.25) is 5.91 Å². The van der Waals surface area contributed by atoms with E-state index in [-0.39, 0.29) is 5.91 Å². The summed E-state index contributed by atoms with van der Waals surface area (Å²) < 4.78 is 0. The molecule has 1 N–H and O–H groups in total. The molecule has 1 heterocycles. The van der Waals surface area contributed by atoms with E-state index in [1.807, 2.05) is 13.8 Å². The highest BCUT2D eigenvalue weighted by atomic mass is 16.1. The zero-order valence-electron chi connectivity index (χ0n) is 9.23. The van der Waals surface area contributed by atoms with Crippen LogP contribution in [0.5, 0.6) is 0 Å². The molecule has 0 aliphatic carbocycles. The maximum absolute atomic E-state index is 11.3. The molecule has 0 saturated carbocycles. The number of nitrogens with one attached hydrogen (secondary N) is 1. The summed E-state index contributed by atoms with van der Waals surface area (Å²) in [4.78, 5) is 19.1. The van der Waals surface area contributed by atoms with Gasteiger partial charge in [0.1, 0.15) is 6.33 Å². The molecule has 1 aromatic heterocycles. The first-order valence-electron chi connectivity index (χ1n) is 5.19. The standard InChI is InChI=1S/C11H17N3O/c1-9(2)5-11(15)14-4-3-10-6-12-8-13-7-10/h6-9H,3-5H2,1-2H3,(H,14,15). The Hall–Kier alpha value is -1.45. The highest BCUT2D eigenvalue weighted by Crippen LogP contribution is 1.98. The Balaban J connectivity index is 2.19. The van der Waals surface area contributed by atoms with Crippen molar-refractivity contribution < 1.29 is 4.79 Å². The van der Waals surface area contributed by atoms with Crippen molar-refractivity contribution in [2.45, 2.75) is 26.7 Å². The molecule has 0 fully saturated rings. The van der Waals surface area contributed by atoms with Gasteiger partial charge >= 0.3 is 0 Å². The quantitative estimate of drug-likeness (QED) is 0.788. The van der Waals surface area contributed by atoms with Crippen molar-refractivity contribution >= 4 is 5.91 Å². The Morgan fingerprint density at radius 3 is 2.67 bits per heavy atom. The summed E-state index contributed by atoms with van der Waals surface area (Å²) in [5.74, 6) is 0.520. The van der Waals surface area contributed by atoms with Gasteiger partial charge in [-0.25, -0.2) is 9.97 Å². The average Bonchev–Trinajstić information content (AvgIpc) is 2.18. The second-order valence-electron chi connectivity index (χ2n) is 3.94. The molecule has 1 amide bonds. The Kier molecular flexibility index (Phi) is 4.74. The number of hydrogen-bond acceptors (Lipinski definition) is 3. The maximum Gasteiger partial charge on any atom is 0.220 e. The van der Waals surface area contributed by atoms with E-state index in [1.165, 1.54) is 6.33 Å². The molecule has 0 bridgehead atoms. The predicted octanol–water partition coefficient (Wildman–Crippen LogP) is 1.18. The SMILES string of the molecule is CC(C)CC(=O)NCCc1cncnc1. The van der Waals surface area contributed by atoms with Gasteiger partial charge in [-0.15, -0.1) is 0 Å². The Morgan fingerprint density at radius 1 is 1.40 bits per heavy atom. The predicted molar refractivity (Wildman–Crippen MR) is 58.2 cm³/mol. The fourth-order valence-corrected chi connectivity index (χ4v) is 1.25. The molecule has 1 rings (SSSR count). The first-order chi connectivity index (χ1) is 7.18. The van der Waals surface area contributed by atoms with Crippen LogP contribution < -0.4 is 5.32 Å². The highest BCUT2D eigenvalue weighted by Gasteiger charge is 2.03. The summed E-state index contributed by atoms with van der Waals surface area (Å²) in [6.45, 7) is 4.72. The molecule has 0 spiro atoms. The monoisotopic (exact) mass is 207 g/mol. The second kappa shape index (κ2) is 6.11. The van der Waals surface area contributed by atoms with Crippen LogP contribution >= 0.6 is 0 Å². The van der Waals surface area contributed by atoms with Gasteiger partial charge in [0.25, 0.3) is 0 Å². The van der Waals surface area contributed by atoms with E-state index in [9.17, 15) is 4.79 Å². The summed E-state index contributed by atoms with van der Waals surface area (Å²) in [5.41, 5.74) is 1.04. The second-order valence-corrected chi connectivity index (χ2v) is 3.94. The molecule has 0 saturated heterocycles. The lowest BCUT2D eigenvalue weighted by Gasteiger charge is -2.06. The van der Waals surface area contributed by atoms with Crippen LogP contribution in [-0.2, 0) is 11.2 Å². The van der Waals surface area contributed by atoms with Crippen LogP contribution in [0.3, 0.4) is 0 Å². The molecule has 0 aromatic carbocycles. The minimum absolute atomic E-state index is 0.113. The minimum Gasteiger partial charge on any atom is -0.356 e. The van der Waals surface area contributed by atoms with Crippen molar-refractivity contribution in [3.8, 4) is 0 Å². The van der Waals surface area contributed by atoms with E-state index in [2.05, 4.69) is 15.3 Å². The largest absolute Gasteiger partial charge is 0.356 e. The van der Waals surface area contributed by atoms with Crippen LogP contribution in [-0.4, -0.2) is 22.4 Å². The van der Waals surface area contributed by atoms with Gasteiger partial charge in [0.15, 0.2) is 0 Å². The highest BCUT2D eigenvalue weighted by molar-refractivity contribution is 5.76. The molecule has 0 radical (unpaired) electrons. The summed E-state index contributed by atoms with van der Waals surface area (Å²) in [6, 6.07) is 0. The molecule has 82 valence electrons. The molecule has 0 aliphatic heterocycles. The lowest BCUT2D eigenvalue weighted by atomic mass is 10.1. The Labute approximate surface area is 90.1 Å². The van der Waals surface area contributed by atoms with Gasteiger partial charge in [-0.3, -0.25) is 4.79 Å². The van der Waals surface area contributed by atoms with E-state index >= 15 is 0 Å². The number of hydrogen-bond donors (Lipinski definition) is 1. The van der Waals surface area contributed by atoms with Crippen molar-refractivity contribution in [1.82, 2.24) is 15.3 Å². The number of carbonyl (C=O) groups is 1. The zero-order valence-corrected chi connectivity index (χ0v) is 9.23. The van der Waals surface area contributed by atoms with Gasteiger partial charge in [-0.2, -0.15) is 0 Å². The van der Waals surface area contributed by atoms with E-state index in [0.29, 0.717) is 18.9 Å². The fourth-order valence-electron chi connectivity index (χ4n) is 1.25. The topological polar surface area (TPSA) is 54.9 Å². The number of nitrogens with zero attached hydrogens (tertiary/aromatic N) is 2. The van der Waals surface area contributed by atoms with E-state index < -0.39 is 0 Å². The van der Waals surface area contributed by atoms with Crippen LogP contribution in [0, 0.1) is 5.92 Å². The van der Waals surface area contributed by atoms with Crippen LogP contribution in [0.4, 0.5) is 0 Å². The van der Waals surface area contributed by atoms with Crippen molar-refractivity contribution in [1.29, 1.82) is 0 Å². The number of rotatable bonds is 5. The Morgan fingerprint density at radius 2 is 2.07 bits per heavy atom. The first-order valence-corrected chi connectivity index (χ1v) is 5.19. The first kappa shape index (κ1) is 11.6. The number of amides is 1. The van der Waals surface area contributed by atoms with Gasteiger partial charge in [0.05, 0.1) is 0 Å². The molecular formula is C11H17N3O. The maximum atomic E-state index is 11.3. The molecule has 15 heavy (non-hydrogen) atoms. The van der Waals surface area contributed by atoms with Crippen LogP contribution in [0.2, 0.25) is 0 Å². The summed E-state index contributed by atoms with van der Waals surface area (Å²) in [7, 11) is 0. The molecule has 0 unspecified atom stereocenters. The third-order valence-corrected chi connectivity index (χ3v) is 1.94. The fraction of sp³-hybridized carbons (Fsp3) is 0.545. The van der Waals surface area contributed by atoms with Crippen molar-refractivity contribution in [2.75, 3.05) is 6.54 Å². The lowest BCUT2D eigenvalue weighted by Crippen LogP contribution is -2.26. The molecule has 1 aromatic rings. The zero-order chi connectivity index (χ0) is 11.1. The Bertz CT molecular complexity index is 298. The average molecular weight is 207 g/mol. The smallest absolute Gasteiger partial charge is 0.220 e. The van der Waals surface area contributed by atoms with Crippen LogP contribution in [0.25, 0.3) is 0 Å². The van der Waals surface area contributed by atoms with Crippen molar-refractivity contribution in [3.05, 3.63) is 24.3 Å². The molecular weight excluding hydrogens is 190 g/mol. The van der Waals surface area contributed by atoms with E-state index in [0.717, 1.165) is 12.0 Å². The molecule has 0 aliphatic rings. The van der Waals surface area contributed by atoms with Crippen LogP contribution in [0.15, 0.2) is 18.7 Å². The molecule has 4 nitrogen and oxygen atoms in total. The summed E-state index contributed by atoms with van der Waals surface area (Å²) in [6.07, 6.45) is 6.40. The van der Waals surface area contributed by atoms with Gasteiger partial charge in [0, 0.05) is 25.4 Å². The van der Waals surface area contributed by atoms with Crippen molar-refractivity contribution in [3.63, 3.8) is 0 Å². The van der Waals surface area contributed by atoms with E-state index in [4.69, 9.17) is 0 Å². The third-order valence-electron chi connectivity index (χ3n) is 1.94. The van der Waals surface area contributed by atoms with Gasteiger partial charge in [-0.1, -0.05) is 13.8 Å². The summed E-state index contributed by atoms with van der Waals surface area (Å²) >= 11 is 0. The van der Waals surface area contributed by atoms with E-state index in [1.54, 1.807) is 12.4 Å². The molecule has 4 heteroatoms. The normalized spacial score (nSPS) is 10.3. The molecule has 0 atom stereocenters. The van der Waals surface area contributed by atoms with Gasteiger partial charge < -0.3 is 5.32 Å². The summed E-state index contributed by atoms with van der Waals surface area (Å²) in [5, 5.41) is 2.87. The van der Waals surface area contributed by atoms with Gasteiger partial charge in [-0.05, 0) is 17.9 Å². The number of carbonyl (C=O) groups excluding carboxylic acids is 1. The lowest BCUT2D eigenvalue weighted by molar-refractivity contribution is -0.121.